The molecule has 0 aromatic heterocycles. The summed E-state index contributed by atoms with van der Waals surface area (Å²) in [5, 5.41) is 40.4. The minimum Gasteiger partial charge on any atom is -0.507 e. The van der Waals surface area contributed by atoms with Crippen LogP contribution in [0.5, 0.6) is 5.75 Å². The Labute approximate surface area is 115 Å². The second-order valence-corrected chi connectivity index (χ2v) is 4.37. The average Bonchev–Trinajstić information content (AvgIpc) is 2.37. The number of carbonyl (C=O) groups is 2. The normalized spacial score (nSPS) is 13.6. The van der Waals surface area contributed by atoms with Gasteiger partial charge in [-0.15, -0.1) is 0 Å². The predicted molar refractivity (Wildman–Crippen MR) is 69.3 cm³/mol. The first kappa shape index (κ1) is 15.9. The molecule has 0 bridgehead atoms. The molecule has 2 unspecified atom stereocenters. The highest BCUT2D eigenvalue weighted by atomic mass is 16.4. The SMILES string of the molecule is CC(=O)NCCC(O)C(O)c1ccc(O)c(C(=O)O)c1. The van der Waals surface area contributed by atoms with E-state index in [2.05, 4.69) is 5.32 Å². The number of aromatic carboxylic acids is 1. The topological polar surface area (TPSA) is 127 Å². The maximum atomic E-state index is 10.9. The number of phenols is 1. The highest BCUT2D eigenvalue weighted by Gasteiger charge is 2.20. The zero-order valence-corrected chi connectivity index (χ0v) is 10.9. The molecule has 0 spiro atoms. The van der Waals surface area contributed by atoms with E-state index in [9.17, 15) is 24.9 Å². The third kappa shape index (κ3) is 4.22. The molecule has 110 valence electrons. The highest BCUT2D eigenvalue weighted by Crippen LogP contribution is 2.25. The van der Waals surface area contributed by atoms with Crippen LogP contribution in [-0.4, -0.2) is 45.0 Å². The Balaban J connectivity index is 2.76. The Bertz CT molecular complexity index is 502. The van der Waals surface area contributed by atoms with Crippen molar-refractivity contribution in [2.24, 2.45) is 0 Å². The van der Waals surface area contributed by atoms with Gasteiger partial charge >= 0.3 is 5.97 Å². The number of rotatable bonds is 6. The van der Waals surface area contributed by atoms with Gasteiger partial charge in [0.05, 0.1) is 6.10 Å². The van der Waals surface area contributed by atoms with E-state index >= 15 is 0 Å². The molecule has 0 fully saturated rings. The molecule has 0 aliphatic heterocycles. The van der Waals surface area contributed by atoms with Crippen molar-refractivity contribution in [3.05, 3.63) is 29.3 Å². The van der Waals surface area contributed by atoms with E-state index in [4.69, 9.17) is 5.11 Å². The number of amides is 1. The maximum absolute atomic E-state index is 10.9. The molecule has 5 N–H and O–H groups in total. The zero-order valence-electron chi connectivity index (χ0n) is 10.9. The summed E-state index contributed by atoms with van der Waals surface area (Å²) in [5.74, 6) is -1.99. The third-order valence-corrected chi connectivity index (χ3v) is 2.77. The van der Waals surface area contributed by atoms with Gasteiger partial charge in [0.15, 0.2) is 0 Å². The van der Waals surface area contributed by atoms with E-state index in [1.54, 1.807) is 0 Å². The first-order valence-corrected chi connectivity index (χ1v) is 5.99. The number of aromatic hydroxyl groups is 1. The van der Waals surface area contributed by atoms with Gasteiger partial charge in [-0.25, -0.2) is 4.79 Å². The molecule has 0 aliphatic rings. The van der Waals surface area contributed by atoms with Crippen molar-refractivity contribution < 1.29 is 30.0 Å². The molecule has 1 rings (SSSR count). The fraction of sp³-hybridized carbons (Fsp3) is 0.385. The molecular weight excluding hydrogens is 266 g/mol. The standard InChI is InChI=1S/C13H17NO6/c1-7(15)14-5-4-11(17)12(18)8-2-3-10(16)9(6-8)13(19)20/h2-3,6,11-12,16-18H,4-5H2,1H3,(H,14,15)(H,19,20). The molecule has 7 nitrogen and oxygen atoms in total. The number of carboxylic acids is 1. The van der Waals surface area contributed by atoms with E-state index in [0.29, 0.717) is 0 Å². The van der Waals surface area contributed by atoms with Crippen LogP contribution in [0.15, 0.2) is 18.2 Å². The van der Waals surface area contributed by atoms with Gasteiger partial charge in [0.25, 0.3) is 0 Å². The molecule has 1 amide bonds. The van der Waals surface area contributed by atoms with Gasteiger partial charge in [0, 0.05) is 13.5 Å². The molecule has 7 heteroatoms. The summed E-state index contributed by atoms with van der Waals surface area (Å²) in [4.78, 5) is 21.5. The molecule has 0 saturated heterocycles. The van der Waals surface area contributed by atoms with Crippen LogP contribution in [0.25, 0.3) is 0 Å². The Morgan fingerprint density at radius 1 is 1.30 bits per heavy atom. The monoisotopic (exact) mass is 283 g/mol. The van der Waals surface area contributed by atoms with E-state index in [1.165, 1.54) is 13.0 Å². The lowest BCUT2D eigenvalue weighted by molar-refractivity contribution is -0.119. The second-order valence-electron chi connectivity index (χ2n) is 4.37. The first-order valence-electron chi connectivity index (χ1n) is 5.99. The van der Waals surface area contributed by atoms with Gasteiger partial charge in [-0.2, -0.15) is 0 Å². The number of aliphatic hydroxyl groups is 2. The molecular formula is C13H17NO6. The van der Waals surface area contributed by atoms with E-state index < -0.39 is 23.9 Å². The van der Waals surface area contributed by atoms with Gasteiger partial charge in [0.1, 0.15) is 17.4 Å². The van der Waals surface area contributed by atoms with Crippen LogP contribution in [-0.2, 0) is 4.79 Å². The molecule has 20 heavy (non-hydrogen) atoms. The molecule has 0 heterocycles. The summed E-state index contributed by atoms with van der Waals surface area (Å²) < 4.78 is 0. The van der Waals surface area contributed by atoms with Crippen molar-refractivity contribution in [1.82, 2.24) is 5.32 Å². The Morgan fingerprint density at radius 3 is 2.50 bits per heavy atom. The molecule has 2 atom stereocenters. The van der Waals surface area contributed by atoms with Crippen molar-refractivity contribution in [2.75, 3.05) is 6.54 Å². The van der Waals surface area contributed by atoms with Gasteiger partial charge in [0.2, 0.25) is 5.91 Å². The molecule has 0 aliphatic carbocycles. The highest BCUT2D eigenvalue weighted by molar-refractivity contribution is 5.90. The number of hydrogen-bond acceptors (Lipinski definition) is 5. The lowest BCUT2D eigenvalue weighted by Crippen LogP contribution is -2.27. The fourth-order valence-corrected chi connectivity index (χ4v) is 1.69. The van der Waals surface area contributed by atoms with Gasteiger partial charge in [-0.3, -0.25) is 4.79 Å². The number of carbonyl (C=O) groups excluding carboxylic acids is 1. The Morgan fingerprint density at radius 2 is 1.95 bits per heavy atom. The average molecular weight is 283 g/mol. The lowest BCUT2D eigenvalue weighted by atomic mass is 9.99. The summed E-state index contributed by atoms with van der Waals surface area (Å²) in [6.07, 6.45) is -2.35. The first-order chi connectivity index (χ1) is 9.32. The van der Waals surface area contributed by atoms with Crippen molar-refractivity contribution in [3.8, 4) is 5.75 Å². The summed E-state index contributed by atoms with van der Waals surface area (Å²) in [6.45, 7) is 1.53. The van der Waals surface area contributed by atoms with Gasteiger partial charge < -0.3 is 25.7 Å². The van der Waals surface area contributed by atoms with Crippen LogP contribution >= 0.6 is 0 Å². The minimum absolute atomic E-state index is 0.115. The van der Waals surface area contributed by atoms with Gasteiger partial charge in [-0.05, 0) is 24.1 Å². The van der Waals surface area contributed by atoms with E-state index in [1.807, 2.05) is 0 Å². The quantitative estimate of drug-likeness (QED) is 0.500. The van der Waals surface area contributed by atoms with Crippen molar-refractivity contribution >= 4 is 11.9 Å². The van der Waals surface area contributed by atoms with Crippen LogP contribution in [0.2, 0.25) is 0 Å². The van der Waals surface area contributed by atoms with Crippen LogP contribution < -0.4 is 5.32 Å². The van der Waals surface area contributed by atoms with Crippen LogP contribution in [0, 0.1) is 0 Å². The smallest absolute Gasteiger partial charge is 0.339 e. The molecule has 1 aromatic carbocycles. The summed E-state index contributed by atoms with van der Waals surface area (Å²) in [5.41, 5.74) is -0.175. The third-order valence-electron chi connectivity index (χ3n) is 2.77. The molecule has 0 radical (unpaired) electrons. The fourth-order valence-electron chi connectivity index (χ4n) is 1.69. The van der Waals surface area contributed by atoms with Gasteiger partial charge in [-0.1, -0.05) is 6.07 Å². The van der Waals surface area contributed by atoms with Crippen LogP contribution in [0.3, 0.4) is 0 Å². The van der Waals surface area contributed by atoms with Crippen LogP contribution in [0.4, 0.5) is 0 Å². The van der Waals surface area contributed by atoms with Crippen LogP contribution in [0.1, 0.15) is 35.4 Å². The largest absolute Gasteiger partial charge is 0.507 e. The number of carboxylic acid groups (broad SMARTS) is 1. The number of aliphatic hydroxyl groups excluding tert-OH is 2. The zero-order chi connectivity index (χ0) is 15.3. The summed E-state index contributed by atoms with van der Waals surface area (Å²) in [6, 6.07) is 3.57. The summed E-state index contributed by atoms with van der Waals surface area (Å²) in [7, 11) is 0. The Hall–Kier alpha value is -2.12. The maximum Gasteiger partial charge on any atom is 0.339 e. The molecule has 0 saturated carbocycles. The van der Waals surface area contributed by atoms with Crippen molar-refractivity contribution in [2.45, 2.75) is 25.6 Å². The van der Waals surface area contributed by atoms with Crippen molar-refractivity contribution in [1.29, 1.82) is 0 Å². The number of hydrogen-bond donors (Lipinski definition) is 5. The Kier molecular flexibility index (Phi) is 5.48. The number of nitrogens with one attached hydrogen (secondary N) is 1. The van der Waals surface area contributed by atoms with Crippen molar-refractivity contribution in [3.63, 3.8) is 0 Å². The summed E-state index contributed by atoms with van der Waals surface area (Å²) >= 11 is 0. The number of benzene rings is 1. The second kappa shape index (κ2) is 6.88. The van der Waals surface area contributed by atoms with E-state index in [0.717, 1.165) is 12.1 Å². The minimum atomic E-state index is -1.33. The predicted octanol–water partition coefficient (Wildman–Crippen LogP) is 0.0109. The van der Waals surface area contributed by atoms with E-state index in [-0.39, 0.29) is 30.0 Å². The lowest BCUT2D eigenvalue weighted by Gasteiger charge is -2.18. The molecule has 1 aromatic rings.